The number of aromatic nitrogens is 9. The molecule has 15 rings (SSSR count). The van der Waals surface area contributed by atoms with Crippen LogP contribution in [-0.2, 0) is 14.4 Å². The molecule has 696 valence electrons. The molecule has 0 unspecified atom stereocenters. The third-order valence-corrected chi connectivity index (χ3v) is 25.4. The van der Waals surface area contributed by atoms with Crippen molar-refractivity contribution in [2.24, 2.45) is 0 Å². The number of aryl methyl sites for hydroxylation is 3. The Labute approximate surface area is 798 Å². The zero-order valence-electron chi connectivity index (χ0n) is 72.8. The first kappa shape index (κ1) is 99.0. The van der Waals surface area contributed by atoms with Crippen LogP contribution in [0.15, 0.2) is 107 Å². The maximum Gasteiger partial charge on any atom is 0.276 e. The summed E-state index contributed by atoms with van der Waals surface area (Å²) in [6.45, 7) is 29.8. The van der Waals surface area contributed by atoms with Gasteiger partial charge in [0, 0.05) is 113 Å². The predicted molar refractivity (Wildman–Crippen MR) is 499 cm³/mol. The number of halogens is 15. The smallest absolute Gasteiger partial charge is 0.276 e. The molecule has 0 radical (unpaired) electrons. The number of carbonyl (C=O) groups is 3. The third-order valence-electron chi connectivity index (χ3n) is 23.0. The van der Waals surface area contributed by atoms with E-state index < -0.39 is 134 Å². The lowest BCUT2D eigenvalue weighted by molar-refractivity contribution is -0.127. The average Bonchev–Trinajstić information content (AvgIpc) is 0.728. The van der Waals surface area contributed by atoms with Gasteiger partial charge in [-0.05, 0) is 110 Å². The van der Waals surface area contributed by atoms with Crippen LogP contribution in [0.1, 0.15) is 110 Å². The molecule has 9 aromatic heterocycles. The van der Waals surface area contributed by atoms with Gasteiger partial charge < -0.3 is 44.7 Å². The Morgan fingerprint density at radius 1 is 0.378 bits per heavy atom. The van der Waals surface area contributed by atoms with Gasteiger partial charge in [0.2, 0.25) is 17.7 Å². The number of anilines is 3. The van der Waals surface area contributed by atoms with Gasteiger partial charge in [-0.1, -0.05) is 142 Å². The number of nitrogens with zero attached hydrogens (tertiary/aromatic N) is 18. The third kappa shape index (κ3) is 17.6. The second kappa shape index (κ2) is 39.6. The Balaban J connectivity index is 0.000000171. The van der Waals surface area contributed by atoms with Crippen LogP contribution in [-0.4, -0.2) is 170 Å². The first-order chi connectivity index (χ1) is 64.0. The molecule has 42 heteroatoms. The highest BCUT2D eigenvalue weighted by molar-refractivity contribution is 6.43. The van der Waals surface area contributed by atoms with Crippen molar-refractivity contribution < 1.29 is 64.8 Å². The summed E-state index contributed by atoms with van der Waals surface area (Å²) in [5.74, 6) is -18.2. The molecule has 3 saturated heterocycles. The Morgan fingerprint density at radius 2 is 0.622 bits per heavy atom. The molecule has 12 aromatic rings. The molecular formula is C93H75Cl7F8N18O9. The molecule has 0 atom stereocenters. The molecule has 0 bridgehead atoms. The zero-order chi connectivity index (χ0) is 98.7. The first-order valence-corrected chi connectivity index (χ1v) is 43.8. The van der Waals surface area contributed by atoms with Crippen molar-refractivity contribution in [3.63, 3.8) is 0 Å². The number of hydrogen-bond acceptors (Lipinski definition) is 21. The fourth-order valence-corrected chi connectivity index (χ4v) is 17.8. The minimum atomic E-state index is -1.75. The largest absolute Gasteiger partial charge is 0.504 e. The van der Waals surface area contributed by atoms with Crippen LogP contribution >= 0.6 is 81.2 Å². The van der Waals surface area contributed by atoms with Crippen LogP contribution in [0.5, 0.6) is 17.2 Å². The number of carbonyl (C=O) groups excluding carboxylic acids is 3. The van der Waals surface area contributed by atoms with E-state index in [0.29, 0.717) is 50.8 Å². The summed E-state index contributed by atoms with van der Waals surface area (Å²) >= 11 is 42.7. The van der Waals surface area contributed by atoms with Crippen LogP contribution in [0.4, 0.5) is 52.2 Å². The molecule has 3 amide bonds. The summed E-state index contributed by atoms with van der Waals surface area (Å²) in [5.41, 5.74) is -3.62. The van der Waals surface area contributed by atoms with Gasteiger partial charge in [-0.25, -0.2) is 50.1 Å². The van der Waals surface area contributed by atoms with Gasteiger partial charge in [0.25, 0.3) is 16.7 Å². The number of aromatic hydroxyl groups is 3. The van der Waals surface area contributed by atoms with Crippen LogP contribution in [0.2, 0.25) is 35.2 Å². The van der Waals surface area contributed by atoms with E-state index in [1.807, 2.05) is 59.8 Å². The van der Waals surface area contributed by atoms with Crippen LogP contribution in [0.25, 0.3) is 83.9 Å². The van der Waals surface area contributed by atoms with Gasteiger partial charge in [-0.15, -0.1) is 0 Å². The van der Waals surface area contributed by atoms with Crippen molar-refractivity contribution in [3.8, 4) is 86.3 Å². The fourth-order valence-electron chi connectivity index (χ4n) is 16.4. The number of benzene rings is 3. The molecule has 27 nitrogen and oxygen atoms in total. The van der Waals surface area contributed by atoms with E-state index >= 15 is 26.3 Å². The number of phenols is 3. The number of pyridine rings is 9. The van der Waals surface area contributed by atoms with E-state index in [0.717, 1.165) is 9.13 Å². The van der Waals surface area contributed by atoms with Gasteiger partial charge in [-0.3, -0.25) is 57.4 Å². The molecule has 0 saturated carbocycles. The maximum atomic E-state index is 15.5. The molecule has 3 aliphatic rings. The van der Waals surface area contributed by atoms with Gasteiger partial charge in [0.05, 0.1) is 105 Å². The van der Waals surface area contributed by atoms with Gasteiger partial charge in [0.15, 0.2) is 63.8 Å². The molecule has 0 aliphatic carbocycles. The first-order valence-electron chi connectivity index (χ1n) is 41.1. The molecule has 3 fully saturated rings. The lowest BCUT2D eigenvalue weighted by Crippen LogP contribution is -2.49. The number of fused-ring (bicyclic) bond motifs is 3. The summed E-state index contributed by atoms with van der Waals surface area (Å²) < 4.78 is 125. The standard InChI is InChI=1S/C31H25Cl3F2N6O3.2C31H25Cl2F3N6O3/c1-5-19(43)40-8-10-41(11-9-40)28-16-12-18(32)26(20-23(35)21(33)22(34)29(44)24(20)36)39-30(16)42(31(45)17(28)13-37)27-15(4)6-7-38-25(27)14(2)3;2*1-5-19(43)40-8-10-41(11-9-40)28-16-12-18(32)26(20-22(34)24(36)21(33)29(44)23(20)35)39-30(16)42(31(45)17(28)13-37)27-15(4)6-7-38-25(27)14(2)3/h3*5-7,12,14,44H,1,8-11H2,2-4H3. The zero-order valence-corrected chi connectivity index (χ0v) is 78.1. The molecule has 0 spiro atoms. The Hall–Kier alpha value is -13.4. The van der Waals surface area contributed by atoms with E-state index in [1.165, 1.54) is 41.0 Å². The predicted octanol–water partition coefficient (Wildman–Crippen LogP) is 18.6. The van der Waals surface area contributed by atoms with Crippen molar-refractivity contribution >= 4 is 149 Å². The normalized spacial score (nSPS) is 13.4. The van der Waals surface area contributed by atoms with Crippen LogP contribution < -0.4 is 31.4 Å². The number of nitriles is 3. The molecule has 3 aliphatic heterocycles. The SMILES string of the molecule is C=CC(=O)N1CCN(c2c(C#N)c(=O)n(-c3c(C)ccnc3C(C)C)c3nc(-c4c(F)c(O)c(Cl)c(Cl)c4F)c(Cl)cc23)CC1.C=CC(=O)N1CCN(c2c(C#N)c(=O)n(-c3c(C)ccnc3C(C)C)c3nc(-c4c(F)c(O)c(Cl)c(F)c4F)c(Cl)cc23)CC1.C=CC(=O)N1CCN(c2c(C#N)c(=O)n(-c3c(C)ccnc3C(C)C)c3nc(-c4c(F)c(O)c(Cl)c(F)c4F)c(Cl)cc23)CC1. The van der Waals surface area contributed by atoms with Crippen molar-refractivity contribution in [1.82, 2.24) is 58.3 Å². The number of phenolic OH excluding ortho intramolecular Hbond substituents is 3. The number of hydrogen-bond donors (Lipinski definition) is 3. The quantitative estimate of drug-likeness (QED) is 0.0371. The molecule has 135 heavy (non-hydrogen) atoms. The maximum absolute atomic E-state index is 15.5. The van der Waals surface area contributed by atoms with Crippen LogP contribution in [0.3, 0.4) is 0 Å². The molecule has 3 N–H and O–H groups in total. The lowest BCUT2D eigenvalue weighted by atomic mass is 10.0. The molecular weight excluding hydrogens is 1910 g/mol. The second-order valence-corrected chi connectivity index (χ2v) is 34.8. The minimum Gasteiger partial charge on any atom is -0.504 e. The van der Waals surface area contributed by atoms with E-state index in [2.05, 4.69) is 49.6 Å². The van der Waals surface area contributed by atoms with Crippen molar-refractivity contribution in [2.45, 2.75) is 80.1 Å². The average molecular weight is 1990 g/mol. The van der Waals surface area contributed by atoms with Crippen LogP contribution in [0, 0.1) is 101 Å². The highest BCUT2D eigenvalue weighted by atomic mass is 35.5. The van der Waals surface area contributed by atoms with Crippen molar-refractivity contribution in [1.29, 1.82) is 15.8 Å². The Kier molecular flexibility index (Phi) is 29.1. The molecule has 3 aromatic carbocycles. The Bertz CT molecular complexity index is 6650. The summed E-state index contributed by atoms with van der Waals surface area (Å²) in [5, 5.41) is 57.2. The highest BCUT2D eigenvalue weighted by Gasteiger charge is 2.39. The van der Waals surface area contributed by atoms with E-state index in [1.54, 1.807) is 87.0 Å². The number of piperazine rings is 3. The topological polar surface area (TPSA) is 346 Å². The van der Waals surface area contributed by atoms with Crippen molar-refractivity contribution in [3.05, 3.63) is 256 Å². The minimum absolute atomic E-state index is 0.0830. The summed E-state index contributed by atoms with van der Waals surface area (Å²) in [7, 11) is 0. The second-order valence-electron chi connectivity index (χ2n) is 32.0. The molecule has 12 heterocycles. The van der Waals surface area contributed by atoms with Gasteiger partial charge in [-0.2, -0.15) is 15.8 Å². The summed E-state index contributed by atoms with van der Waals surface area (Å²) in [4.78, 5) is 116. The summed E-state index contributed by atoms with van der Waals surface area (Å²) in [6, 6.07) is 14.9. The van der Waals surface area contributed by atoms with Gasteiger partial charge in [0.1, 0.15) is 66.9 Å². The fraction of sp³-hybridized carbons (Fsp3) is 0.258. The number of amides is 3. The highest BCUT2D eigenvalue weighted by Crippen LogP contribution is 2.49. The van der Waals surface area contributed by atoms with E-state index in [4.69, 9.17) is 81.2 Å². The van der Waals surface area contributed by atoms with E-state index in [9.17, 15) is 68.7 Å². The van der Waals surface area contributed by atoms with Gasteiger partial charge >= 0.3 is 0 Å². The lowest BCUT2D eigenvalue weighted by Gasteiger charge is -2.36. The number of rotatable bonds is 15. The van der Waals surface area contributed by atoms with E-state index in [-0.39, 0.29) is 196 Å². The monoisotopic (exact) mass is 1980 g/mol. The summed E-state index contributed by atoms with van der Waals surface area (Å²) in [6.07, 6.45) is 8.30. The van der Waals surface area contributed by atoms with Crippen molar-refractivity contribution in [2.75, 3.05) is 93.2 Å². The Morgan fingerprint density at radius 3 is 0.859 bits per heavy atom.